The standard InChI is InChI=1S/C18H22N4O2S/c1-13-17(18(24)20-15-6-4-3-5-7-15)25-16(19-13)12-21-8-10-22(11-9-21)14(2)23/h3-7H,8-12H2,1-2H3,(H,20,24). The zero-order valence-corrected chi connectivity index (χ0v) is 15.3. The van der Waals surface area contributed by atoms with Gasteiger partial charge in [-0.2, -0.15) is 0 Å². The van der Waals surface area contributed by atoms with Crippen LogP contribution in [0.4, 0.5) is 5.69 Å². The van der Waals surface area contributed by atoms with Gasteiger partial charge in [0.05, 0.1) is 12.2 Å². The normalized spacial score (nSPS) is 15.2. The van der Waals surface area contributed by atoms with Crippen molar-refractivity contribution in [1.29, 1.82) is 0 Å². The quantitative estimate of drug-likeness (QED) is 0.911. The van der Waals surface area contributed by atoms with Crippen molar-refractivity contribution in [2.24, 2.45) is 0 Å². The van der Waals surface area contributed by atoms with Gasteiger partial charge in [0.2, 0.25) is 5.91 Å². The molecule has 1 aromatic carbocycles. The van der Waals surface area contributed by atoms with Crippen LogP contribution in [0.25, 0.3) is 0 Å². The predicted molar refractivity (Wildman–Crippen MR) is 98.8 cm³/mol. The van der Waals surface area contributed by atoms with Crippen molar-refractivity contribution < 1.29 is 9.59 Å². The maximum absolute atomic E-state index is 12.5. The Morgan fingerprint density at radius 3 is 2.48 bits per heavy atom. The Labute approximate surface area is 151 Å². The third-order valence-corrected chi connectivity index (χ3v) is 5.40. The van der Waals surface area contributed by atoms with Crippen molar-refractivity contribution in [3.63, 3.8) is 0 Å². The van der Waals surface area contributed by atoms with Crippen LogP contribution in [0.2, 0.25) is 0 Å². The molecule has 0 spiro atoms. The summed E-state index contributed by atoms with van der Waals surface area (Å²) in [6, 6.07) is 9.42. The van der Waals surface area contributed by atoms with E-state index in [9.17, 15) is 9.59 Å². The largest absolute Gasteiger partial charge is 0.340 e. The Bertz CT molecular complexity index is 752. The molecule has 2 heterocycles. The Kier molecular flexibility index (Phi) is 5.45. The second-order valence-electron chi connectivity index (χ2n) is 6.12. The first kappa shape index (κ1) is 17.6. The van der Waals surface area contributed by atoms with Crippen LogP contribution in [0.1, 0.15) is 27.3 Å². The molecule has 1 aliphatic rings. The Balaban J connectivity index is 1.61. The molecule has 6 nitrogen and oxygen atoms in total. The molecule has 3 rings (SSSR count). The van der Waals surface area contributed by atoms with Crippen LogP contribution in [0.3, 0.4) is 0 Å². The summed E-state index contributed by atoms with van der Waals surface area (Å²) in [4.78, 5) is 33.2. The van der Waals surface area contributed by atoms with E-state index < -0.39 is 0 Å². The molecule has 0 saturated carbocycles. The first-order valence-electron chi connectivity index (χ1n) is 8.33. The van der Waals surface area contributed by atoms with Gasteiger partial charge in [0.25, 0.3) is 5.91 Å². The van der Waals surface area contributed by atoms with Crippen LogP contribution in [-0.2, 0) is 11.3 Å². The predicted octanol–water partition coefficient (Wildman–Crippen LogP) is 2.37. The monoisotopic (exact) mass is 358 g/mol. The van der Waals surface area contributed by atoms with E-state index in [1.54, 1.807) is 6.92 Å². The summed E-state index contributed by atoms with van der Waals surface area (Å²) in [6.45, 7) is 7.37. The number of anilines is 1. The second-order valence-corrected chi connectivity index (χ2v) is 7.21. The molecule has 0 atom stereocenters. The summed E-state index contributed by atoms with van der Waals surface area (Å²) in [7, 11) is 0. The van der Waals surface area contributed by atoms with E-state index in [4.69, 9.17) is 0 Å². The molecule has 2 aromatic rings. The van der Waals surface area contributed by atoms with Gasteiger partial charge in [0.1, 0.15) is 9.88 Å². The van der Waals surface area contributed by atoms with E-state index in [1.165, 1.54) is 11.3 Å². The van der Waals surface area contributed by atoms with Crippen LogP contribution in [-0.4, -0.2) is 52.8 Å². The van der Waals surface area contributed by atoms with Gasteiger partial charge in [-0.1, -0.05) is 18.2 Å². The number of aryl methyl sites for hydroxylation is 1. The van der Waals surface area contributed by atoms with Gasteiger partial charge in [-0.25, -0.2) is 4.98 Å². The molecular weight excluding hydrogens is 336 g/mol. The highest BCUT2D eigenvalue weighted by Crippen LogP contribution is 2.21. The third-order valence-electron chi connectivity index (χ3n) is 4.26. The van der Waals surface area contributed by atoms with Crippen LogP contribution in [0.15, 0.2) is 30.3 Å². The lowest BCUT2D eigenvalue weighted by Gasteiger charge is -2.33. The Morgan fingerprint density at radius 1 is 1.16 bits per heavy atom. The molecule has 0 aliphatic carbocycles. The molecule has 1 N–H and O–H groups in total. The van der Waals surface area contributed by atoms with Crippen LogP contribution in [0.5, 0.6) is 0 Å². The van der Waals surface area contributed by atoms with Crippen molar-refractivity contribution in [2.45, 2.75) is 20.4 Å². The van der Waals surface area contributed by atoms with Crippen molar-refractivity contribution in [3.8, 4) is 0 Å². The second kappa shape index (κ2) is 7.76. The first-order valence-corrected chi connectivity index (χ1v) is 9.15. The van der Waals surface area contributed by atoms with Gasteiger partial charge >= 0.3 is 0 Å². The van der Waals surface area contributed by atoms with E-state index in [0.717, 1.165) is 49.1 Å². The summed E-state index contributed by atoms with van der Waals surface area (Å²) in [6.07, 6.45) is 0. The van der Waals surface area contributed by atoms with Gasteiger partial charge in [-0.15, -0.1) is 11.3 Å². The highest BCUT2D eigenvalue weighted by molar-refractivity contribution is 7.13. The van der Waals surface area contributed by atoms with E-state index in [0.29, 0.717) is 4.88 Å². The molecule has 2 amide bonds. The number of amides is 2. The summed E-state index contributed by atoms with van der Waals surface area (Å²) < 4.78 is 0. The van der Waals surface area contributed by atoms with Crippen molar-refractivity contribution in [1.82, 2.24) is 14.8 Å². The molecular formula is C18H22N4O2S. The Hall–Kier alpha value is -2.25. The van der Waals surface area contributed by atoms with Gasteiger partial charge < -0.3 is 10.2 Å². The molecule has 1 aliphatic heterocycles. The molecule has 0 unspecified atom stereocenters. The fourth-order valence-corrected chi connectivity index (χ4v) is 3.85. The number of nitrogens with zero attached hydrogens (tertiary/aromatic N) is 3. The molecule has 1 saturated heterocycles. The number of carbonyl (C=O) groups is 2. The smallest absolute Gasteiger partial charge is 0.267 e. The minimum atomic E-state index is -0.117. The number of nitrogens with one attached hydrogen (secondary N) is 1. The Morgan fingerprint density at radius 2 is 1.84 bits per heavy atom. The average Bonchev–Trinajstić information content (AvgIpc) is 2.96. The lowest BCUT2D eigenvalue weighted by Crippen LogP contribution is -2.47. The summed E-state index contributed by atoms with van der Waals surface area (Å²) in [5.74, 6) is 0.0125. The van der Waals surface area contributed by atoms with E-state index in [2.05, 4.69) is 15.2 Å². The number of benzene rings is 1. The number of para-hydroxylation sites is 1. The molecule has 0 radical (unpaired) electrons. The third kappa shape index (κ3) is 4.43. The van der Waals surface area contributed by atoms with E-state index in [-0.39, 0.29) is 11.8 Å². The molecule has 1 aromatic heterocycles. The average molecular weight is 358 g/mol. The minimum Gasteiger partial charge on any atom is -0.340 e. The summed E-state index contributed by atoms with van der Waals surface area (Å²) in [5, 5.41) is 3.85. The van der Waals surface area contributed by atoms with Crippen molar-refractivity contribution in [3.05, 3.63) is 45.9 Å². The number of carbonyl (C=O) groups excluding carboxylic acids is 2. The SMILES string of the molecule is CC(=O)N1CCN(Cc2nc(C)c(C(=O)Nc3ccccc3)s2)CC1. The molecule has 0 bridgehead atoms. The number of rotatable bonds is 4. The minimum absolute atomic E-state index is 0.117. The van der Waals surface area contributed by atoms with E-state index in [1.807, 2.05) is 42.2 Å². The van der Waals surface area contributed by atoms with Crippen LogP contribution >= 0.6 is 11.3 Å². The molecule has 25 heavy (non-hydrogen) atoms. The number of hydrogen-bond donors (Lipinski definition) is 1. The van der Waals surface area contributed by atoms with Gasteiger partial charge in [-0.05, 0) is 19.1 Å². The van der Waals surface area contributed by atoms with Crippen LogP contribution < -0.4 is 5.32 Å². The molecule has 7 heteroatoms. The van der Waals surface area contributed by atoms with Gasteiger partial charge in [-0.3, -0.25) is 14.5 Å². The number of piperazine rings is 1. The van der Waals surface area contributed by atoms with Gasteiger partial charge in [0.15, 0.2) is 0 Å². The molecule has 132 valence electrons. The summed E-state index contributed by atoms with van der Waals surface area (Å²) in [5.41, 5.74) is 1.54. The fraction of sp³-hybridized carbons (Fsp3) is 0.389. The highest BCUT2D eigenvalue weighted by atomic mass is 32.1. The summed E-state index contributed by atoms with van der Waals surface area (Å²) >= 11 is 1.44. The van der Waals surface area contributed by atoms with E-state index >= 15 is 0 Å². The van der Waals surface area contributed by atoms with Gasteiger partial charge in [0, 0.05) is 38.8 Å². The number of thiazole rings is 1. The zero-order chi connectivity index (χ0) is 17.8. The first-order chi connectivity index (χ1) is 12.0. The van der Waals surface area contributed by atoms with Crippen molar-refractivity contribution in [2.75, 3.05) is 31.5 Å². The number of hydrogen-bond acceptors (Lipinski definition) is 5. The molecule has 1 fully saturated rings. The highest BCUT2D eigenvalue weighted by Gasteiger charge is 2.21. The zero-order valence-electron chi connectivity index (χ0n) is 14.5. The van der Waals surface area contributed by atoms with Crippen LogP contribution in [0, 0.1) is 6.92 Å². The lowest BCUT2D eigenvalue weighted by molar-refractivity contribution is -0.130. The fourth-order valence-electron chi connectivity index (χ4n) is 2.85. The maximum Gasteiger partial charge on any atom is 0.267 e. The topological polar surface area (TPSA) is 65.5 Å². The van der Waals surface area contributed by atoms with Crippen molar-refractivity contribution >= 4 is 28.8 Å². The number of aromatic nitrogens is 1. The maximum atomic E-state index is 12.5. The lowest BCUT2D eigenvalue weighted by atomic mass is 10.3.